The van der Waals surface area contributed by atoms with E-state index in [0.717, 1.165) is 38.7 Å². The molecule has 5 nitrogen and oxygen atoms in total. The van der Waals surface area contributed by atoms with Crippen molar-refractivity contribution in [2.45, 2.75) is 32.8 Å². The number of fused-ring (bicyclic) bond motifs is 2. The lowest BCUT2D eigenvalue weighted by atomic mass is 10.1. The van der Waals surface area contributed by atoms with Gasteiger partial charge in [-0.15, -0.1) is 0 Å². The number of hydrogen-bond acceptors (Lipinski definition) is 4. The van der Waals surface area contributed by atoms with Crippen molar-refractivity contribution in [3.8, 4) is 5.75 Å². The third-order valence-electron chi connectivity index (χ3n) is 6.17. The number of benzene rings is 4. The zero-order valence-corrected chi connectivity index (χ0v) is 23.5. The Balaban J connectivity index is 1.40. The Hall–Kier alpha value is -3.29. The van der Waals surface area contributed by atoms with Gasteiger partial charge >= 0.3 is 0 Å². The number of nitrogens with zero attached hydrogens (tertiary/aromatic N) is 3. The number of aryl methyl sites for hydroxylation is 1. The van der Waals surface area contributed by atoms with Gasteiger partial charge in [-0.25, -0.2) is 4.98 Å². The highest BCUT2D eigenvalue weighted by molar-refractivity contribution is 9.10. The van der Waals surface area contributed by atoms with Crippen LogP contribution in [0.3, 0.4) is 0 Å². The minimum Gasteiger partial charge on any atom is -0.488 e. The van der Waals surface area contributed by atoms with Gasteiger partial charge in [0.05, 0.1) is 21.6 Å². The quantitative estimate of drug-likeness (QED) is 0.166. The van der Waals surface area contributed by atoms with Crippen LogP contribution in [0, 0.1) is 0 Å². The number of aromatic nitrogens is 2. The predicted molar refractivity (Wildman–Crippen MR) is 158 cm³/mol. The van der Waals surface area contributed by atoms with Gasteiger partial charge in [0, 0.05) is 10.9 Å². The zero-order chi connectivity index (χ0) is 25.8. The van der Waals surface area contributed by atoms with Crippen molar-refractivity contribution in [1.82, 2.24) is 9.66 Å². The Morgan fingerprint density at radius 1 is 0.973 bits per heavy atom. The maximum Gasteiger partial charge on any atom is 0.282 e. The molecule has 5 rings (SSSR count). The van der Waals surface area contributed by atoms with Gasteiger partial charge in [0.15, 0.2) is 0 Å². The van der Waals surface area contributed by atoms with Crippen molar-refractivity contribution in [3.63, 3.8) is 0 Å². The van der Waals surface area contributed by atoms with Crippen LogP contribution in [0.25, 0.3) is 21.7 Å². The third-order valence-corrected chi connectivity index (χ3v) is 7.28. The van der Waals surface area contributed by atoms with Gasteiger partial charge in [0.25, 0.3) is 5.56 Å². The van der Waals surface area contributed by atoms with E-state index in [9.17, 15) is 4.79 Å². The zero-order valence-electron chi connectivity index (χ0n) is 20.3. The molecule has 4 aromatic carbocycles. The number of halogens is 2. The first-order valence-corrected chi connectivity index (χ1v) is 13.8. The second-order valence-corrected chi connectivity index (χ2v) is 10.5. The molecule has 0 bridgehead atoms. The van der Waals surface area contributed by atoms with Crippen molar-refractivity contribution in [1.29, 1.82) is 0 Å². The molecule has 0 spiro atoms. The van der Waals surface area contributed by atoms with Gasteiger partial charge < -0.3 is 4.74 Å². The average molecular weight is 619 g/mol. The van der Waals surface area contributed by atoms with E-state index in [1.165, 1.54) is 15.4 Å². The summed E-state index contributed by atoms with van der Waals surface area (Å²) in [6.07, 6.45) is 4.30. The fourth-order valence-electron chi connectivity index (χ4n) is 4.22. The standard InChI is InChI=1S/C30H25Br2N3O2/c1-2-3-11-29-34-27-14-13-23(31)17-25(27)30(36)35(29)33-18-20-12-15-28(26(32)16-20)37-19-22-9-6-8-21-7-4-5-10-24(21)22/h4-10,12-18H,2-3,11,19H2,1H3. The van der Waals surface area contributed by atoms with Crippen molar-refractivity contribution in [2.75, 3.05) is 0 Å². The Morgan fingerprint density at radius 3 is 2.65 bits per heavy atom. The van der Waals surface area contributed by atoms with Gasteiger partial charge in [-0.1, -0.05) is 71.7 Å². The van der Waals surface area contributed by atoms with Crippen molar-refractivity contribution < 1.29 is 4.74 Å². The van der Waals surface area contributed by atoms with Crippen molar-refractivity contribution in [3.05, 3.63) is 115 Å². The highest BCUT2D eigenvalue weighted by Crippen LogP contribution is 2.28. The second kappa shape index (κ2) is 11.4. The number of unbranched alkanes of at least 4 members (excludes halogenated alkanes) is 1. The third kappa shape index (κ3) is 5.68. The van der Waals surface area contributed by atoms with Crippen LogP contribution in [-0.2, 0) is 13.0 Å². The highest BCUT2D eigenvalue weighted by Gasteiger charge is 2.11. The molecule has 0 amide bonds. The lowest BCUT2D eigenvalue weighted by Gasteiger charge is -2.11. The minimum atomic E-state index is -0.178. The SMILES string of the molecule is CCCCc1nc2ccc(Br)cc2c(=O)n1N=Cc1ccc(OCc2cccc3ccccc23)c(Br)c1. The maximum absolute atomic E-state index is 13.3. The summed E-state index contributed by atoms with van der Waals surface area (Å²) < 4.78 is 9.20. The summed E-state index contributed by atoms with van der Waals surface area (Å²) >= 11 is 7.08. The Bertz CT molecular complexity index is 1670. The van der Waals surface area contributed by atoms with E-state index in [1.807, 2.05) is 48.5 Å². The molecule has 0 fully saturated rings. The van der Waals surface area contributed by atoms with Crippen LogP contribution in [0.1, 0.15) is 36.7 Å². The first-order valence-electron chi connectivity index (χ1n) is 12.2. The van der Waals surface area contributed by atoms with Crippen LogP contribution in [0.15, 0.2) is 97.7 Å². The summed E-state index contributed by atoms with van der Waals surface area (Å²) in [4.78, 5) is 18.0. The van der Waals surface area contributed by atoms with E-state index in [2.05, 4.69) is 68.2 Å². The molecule has 1 aromatic heterocycles. The van der Waals surface area contributed by atoms with Crippen LogP contribution in [0.5, 0.6) is 5.75 Å². The fraction of sp³-hybridized carbons (Fsp3) is 0.167. The van der Waals surface area contributed by atoms with Crippen molar-refractivity contribution >= 4 is 59.7 Å². The van der Waals surface area contributed by atoms with Crippen LogP contribution in [0.2, 0.25) is 0 Å². The van der Waals surface area contributed by atoms with Crippen molar-refractivity contribution in [2.24, 2.45) is 5.10 Å². The number of hydrogen-bond donors (Lipinski definition) is 0. The Morgan fingerprint density at radius 2 is 1.81 bits per heavy atom. The van der Waals surface area contributed by atoms with Gasteiger partial charge in [-0.2, -0.15) is 9.78 Å². The molecule has 5 aromatic rings. The monoisotopic (exact) mass is 617 g/mol. The van der Waals surface area contributed by atoms with Gasteiger partial charge in [0.1, 0.15) is 18.2 Å². The molecule has 0 aliphatic heterocycles. The largest absolute Gasteiger partial charge is 0.488 e. The smallest absolute Gasteiger partial charge is 0.282 e. The molecule has 0 saturated carbocycles. The lowest BCUT2D eigenvalue weighted by Crippen LogP contribution is -2.22. The molecular weight excluding hydrogens is 594 g/mol. The molecule has 0 aliphatic rings. The van der Waals surface area contributed by atoms with E-state index in [-0.39, 0.29) is 5.56 Å². The van der Waals surface area contributed by atoms with Crippen LogP contribution < -0.4 is 10.3 Å². The Kier molecular flexibility index (Phi) is 7.82. The predicted octanol–water partition coefficient (Wildman–Crippen LogP) is 7.88. The minimum absolute atomic E-state index is 0.178. The lowest BCUT2D eigenvalue weighted by molar-refractivity contribution is 0.305. The highest BCUT2D eigenvalue weighted by atomic mass is 79.9. The van der Waals surface area contributed by atoms with E-state index in [0.29, 0.717) is 29.8 Å². The average Bonchev–Trinajstić information content (AvgIpc) is 2.91. The topological polar surface area (TPSA) is 56.5 Å². The fourth-order valence-corrected chi connectivity index (χ4v) is 5.10. The molecule has 7 heteroatoms. The molecule has 0 unspecified atom stereocenters. The van der Waals surface area contributed by atoms with Gasteiger partial charge in [-0.05, 0) is 80.6 Å². The summed E-state index contributed by atoms with van der Waals surface area (Å²) in [7, 11) is 0. The summed E-state index contributed by atoms with van der Waals surface area (Å²) in [5.41, 5.74) is 2.47. The van der Waals surface area contributed by atoms with Crippen LogP contribution in [-0.4, -0.2) is 15.9 Å². The van der Waals surface area contributed by atoms with E-state index in [4.69, 9.17) is 9.72 Å². The van der Waals surface area contributed by atoms with Crippen LogP contribution in [0.4, 0.5) is 0 Å². The normalized spacial score (nSPS) is 11.5. The van der Waals surface area contributed by atoms with Gasteiger partial charge in [-0.3, -0.25) is 4.79 Å². The molecule has 0 radical (unpaired) electrons. The number of ether oxygens (including phenoxy) is 1. The van der Waals surface area contributed by atoms with E-state index in [1.54, 1.807) is 12.3 Å². The molecule has 0 aliphatic carbocycles. The molecule has 0 saturated heterocycles. The van der Waals surface area contributed by atoms with E-state index < -0.39 is 0 Å². The first kappa shape index (κ1) is 25.4. The molecule has 37 heavy (non-hydrogen) atoms. The number of rotatable bonds is 8. The summed E-state index contributed by atoms with van der Waals surface area (Å²) in [5, 5.41) is 7.46. The first-order chi connectivity index (χ1) is 18.0. The molecule has 186 valence electrons. The molecule has 1 heterocycles. The maximum atomic E-state index is 13.3. The van der Waals surface area contributed by atoms with Crippen LogP contribution >= 0.6 is 31.9 Å². The molecular formula is C30H25Br2N3O2. The second-order valence-electron chi connectivity index (χ2n) is 8.77. The molecule has 0 N–H and O–H groups in total. The Labute approximate surface area is 232 Å². The molecule has 0 atom stereocenters. The summed E-state index contributed by atoms with van der Waals surface area (Å²) in [6, 6.07) is 25.8. The van der Waals surface area contributed by atoms with Gasteiger partial charge in [0.2, 0.25) is 0 Å². The van der Waals surface area contributed by atoms with E-state index >= 15 is 0 Å². The summed E-state index contributed by atoms with van der Waals surface area (Å²) in [6.45, 7) is 2.58. The summed E-state index contributed by atoms with van der Waals surface area (Å²) in [5.74, 6) is 1.40.